The van der Waals surface area contributed by atoms with Crippen molar-refractivity contribution < 1.29 is 14.3 Å². The number of carbonyl (C=O) groups is 1. The molecule has 6 heteroatoms. The van der Waals surface area contributed by atoms with Crippen LogP contribution in [0, 0.1) is 0 Å². The smallest absolute Gasteiger partial charge is 0.250 e. The van der Waals surface area contributed by atoms with Gasteiger partial charge < -0.3 is 14.8 Å². The molecule has 26 heavy (non-hydrogen) atoms. The van der Waals surface area contributed by atoms with Crippen molar-refractivity contribution in [1.82, 2.24) is 10.6 Å². The molecule has 1 amide bonds. The van der Waals surface area contributed by atoms with Crippen LogP contribution in [0.3, 0.4) is 0 Å². The number of carbonyl (C=O) groups excluding carboxylic acids is 1. The van der Waals surface area contributed by atoms with Crippen LogP contribution in [0.15, 0.2) is 35.9 Å². The van der Waals surface area contributed by atoms with Crippen LogP contribution in [0.4, 0.5) is 0 Å². The van der Waals surface area contributed by atoms with Gasteiger partial charge in [-0.25, -0.2) is 0 Å². The van der Waals surface area contributed by atoms with E-state index in [2.05, 4.69) is 16.7 Å². The van der Waals surface area contributed by atoms with Crippen molar-refractivity contribution in [2.24, 2.45) is 0 Å². The maximum absolute atomic E-state index is 12.0. The molecule has 1 aromatic rings. The molecule has 2 rings (SSSR count). The van der Waals surface area contributed by atoms with Crippen LogP contribution in [0.1, 0.15) is 37.7 Å². The van der Waals surface area contributed by atoms with Crippen molar-refractivity contribution in [2.75, 3.05) is 20.8 Å². The number of nitrogens with one attached hydrogen (secondary N) is 2. The molecule has 0 radical (unpaired) electrons. The second-order valence-corrected chi connectivity index (χ2v) is 6.46. The molecule has 140 valence electrons. The maximum atomic E-state index is 12.0. The molecular weight excluding hydrogens is 348 g/mol. The van der Waals surface area contributed by atoms with E-state index in [1.165, 1.54) is 37.3 Å². The Morgan fingerprint density at radius 2 is 2.04 bits per heavy atom. The van der Waals surface area contributed by atoms with E-state index >= 15 is 0 Å². The Labute approximate surface area is 160 Å². The molecule has 0 unspecified atom stereocenters. The van der Waals surface area contributed by atoms with E-state index in [1.807, 2.05) is 6.07 Å². The number of benzene rings is 1. The van der Waals surface area contributed by atoms with Crippen LogP contribution in [0.5, 0.6) is 11.5 Å². The summed E-state index contributed by atoms with van der Waals surface area (Å²) in [5.41, 5.74) is 2.31. The van der Waals surface area contributed by atoms with Crippen LogP contribution in [-0.4, -0.2) is 31.8 Å². The summed E-state index contributed by atoms with van der Waals surface area (Å²) in [5.74, 6) is 0.992. The lowest BCUT2D eigenvalue weighted by atomic mass is 9.97. The van der Waals surface area contributed by atoms with E-state index in [1.54, 1.807) is 32.4 Å². The SMILES string of the molecule is COc1ccc(C=CC(=O)NC(=S)NCCC2=CCCCC2)cc1OC. The first-order chi connectivity index (χ1) is 12.6. The van der Waals surface area contributed by atoms with E-state index in [-0.39, 0.29) is 5.91 Å². The largest absolute Gasteiger partial charge is 0.493 e. The summed E-state index contributed by atoms with van der Waals surface area (Å²) in [5, 5.41) is 6.09. The van der Waals surface area contributed by atoms with E-state index in [0.717, 1.165) is 18.5 Å². The molecule has 1 aromatic carbocycles. The average Bonchev–Trinajstić information content (AvgIpc) is 2.67. The summed E-state index contributed by atoms with van der Waals surface area (Å²) >= 11 is 5.17. The third kappa shape index (κ3) is 6.52. The Hall–Kier alpha value is -2.34. The fourth-order valence-electron chi connectivity index (χ4n) is 2.79. The van der Waals surface area contributed by atoms with Gasteiger partial charge in [0, 0.05) is 12.6 Å². The van der Waals surface area contributed by atoms with Gasteiger partial charge in [-0.15, -0.1) is 0 Å². The zero-order valence-corrected chi connectivity index (χ0v) is 16.2. The molecule has 0 spiro atoms. The van der Waals surface area contributed by atoms with Gasteiger partial charge in [0.25, 0.3) is 0 Å². The quantitative estimate of drug-likeness (QED) is 0.434. The molecule has 1 aliphatic rings. The lowest BCUT2D eigenvalue weighted by Gasteiger charge is -2.13. The van der Waals surface area contributed by atoms with E-state index in [9.17, 15) is 4.79 Å². The lowest BCUT2D eigenvalue weighted by Crippen LogP contribution is -2.38. The highest BCUT2D eigenvalue weighted by Crippen LogP contribution is 2.27. The second-order valence-electron chi connectivity index (χ2n) is 6.05. The zero-order chi connectivity index (χ0) is 18.8. The summed E-state index contributed by atoms with van der Waals surface area (Å²) in [6.45, 7) is 0.740. The standard InChI is InChI=1S/C20H26N2O3S/c1-24-17-10-8-16(14-18(17)25-2)9-11-19(23)22-20(26)21-13-12-15-6-4-3-5-7-15/h6,8-11,14H,3-5,7,12-13H2,1-2H3,(H2,21,22,23,26). The number of hydrogen-bond acceptors (Lipinski definition) is 4. The number of ether oxygens (including phenoxy) is 2. The molecule has 0 bridgehead atoms. The molecule has 1 aliphatic carbocycles. The number of allylic oxidation sites excluding steroid dienone is 1. The van der Waals surface area contributed by atoms with Crippen molar-refractivity contribution in [3.63, 3.8) is 0 Å². The number of thiocarbonyl (C=S) groups is 1. The van der Waals surface area contributed by atoms with Crippen molar-refractivity contribution >= 4 is 29.3 Å². The zero-order valence-electron chi connectivity index (χ0n) is 15.3. The van der Waals surface area contributed by atoms with Crippen LogP contribution in [0.2, 0.25) is 0 Å². The Bertz CT molecular complexity index is 698. The summed E-state index contributed by atoms with van der Waals surface area (Å²) in [4.78, 5) is 12.0. The molecule has 0 aromatic heterocycles. The molecule has 5 nitrogen and oxygen atoms in total. The second kappa shape index (κ2) is 10.6. The predicted molar refractivity (Wildman–Crippen MR) is 108 cm³/mol. The fourth-order valence-corrected chi connectivity index (χ4v) is 3.00. The molecule has 0 fully saturated rings. The van der Waals surface area contributed by atoms with Gasteiger partial charge in [0.05, 0.1) is 14.2 Å². The topological polar surface area (TPSA) is 59.6 Å². The molecule has 0 aliphatic heterocycles. The van der Waals surface area contributed by atoms with Crippen LogP contribution >= 0.6 is 12.2 Å². The third-order valence-electron chi connectivity index (χ3n) is 4.19. The lowest BCUT2D eigenvalue weighted by molar-refractivity contribution is -0.115. The monoisotopic (exact) mass is 374 g/mol. The summed E-state index contributed by atoms with van der Waals surface area (Å²) < 4.78 is 10.4. The molecule has 2 N–H and O–H groups in total. The summed E-state index contributed by atoms with van der Waals surface area (Å²) in [7, 11) is 3.16. The van der Waals surface area contributed by atoms with Crippen LogP contribution in [0.25, 0.3) is 6.08 Å². The van der Waals surface area contributed by atoms with Crippen molar-refractivity contribution in [2.45, 2.75) is 32.1 Å². The van der Waals surface area contributed by atoms with Gasteiger partial charge >= 0.3 is 0 Å². The molecular formula is C20H26N2O3S. The Morgan fingerprint density at radius 1 is 1.23 bits per heavy atom. The number of methoxy groups -OCH3 is 2. The number of rotatable bonds is 7. The van der Waals surface area contributed by atoms with E-state index < -0.39 is 0 Å². The van der Waals surface area contributed by atoms with Gasteiger partial charge in [0.15, 0.2) is 16.6 Å². The molecule has 0 atom stereocenters. The predicted octanol–water partition coefficient (Wildman–Crippen LogP) is 3.60. The van der Waals surface area contributed by atoms with Crippen molar-refractivity contribution in [1.29, 1.82) is 0 Å². The molecule has 0 saturated heterocycles. The Morgan fingerprint density at radius 3 is 2.73 bits per heavy atom. The number of hydrogen-bond donors (Lipinski definition) is 2. The molecule has 0 heterocycles. The Balaban J connectivity index is 1.77. The van der Waals surface area contributed by atoms with Gasteiger partial charge in [-0.05, 0) is 68.1 Å². The van der Waals surface area contributed by atoms with Gasteiger partial charge in [-0.3, -0.25) is 10.1 Å². The van der Waals surface area contributed by atoms with Crippen molar-refractivity contribution in [3.05, 3.63) is 41.5 Å². The fraction of sp³-hybridized carbons (Fsp3) is 0.400. The highest BCUT2D eigenvalue weighted by Gasteiger charge is 2.06. The Kier molecular flexibility index (Phi) is 8.15. The third-order valence-corrected chi connectivity index (χ3v) is 4.43. The first-order valence-corrected chi connectivity index (χ1v) is 9.20. The van der Waals surface area contributed by atoms with Crippen LogP contribution < -0.4 is 20.1 Å². The highest BCUT2D eigenvalue weighted by atomic mass is 32.1. The summed E-state index contributed by atoms with van der Waals surface area (Å²) in [6.07, 6.45) is 11.3. The van der Waals surface area contributed by atoms with E-state index in [4.69, 9.17) is 21.7 Å². The minimum Gasteiger partial charge on any atom is -0.493 e. The van der Waals surface area contributed by atoms with E-state index in [0.29, 0.717) is 16.6 Å². The number of amides is 1. The van der Waals surface area contributed by atoms with Gasteiger partial charge in [0.2, 0.25) is 5.91 Å². The minimum atomic E-state index is -0.269. The van der Waals surface area contributed by atoms with Crippen molar-refractivity contribution in [3.8, 4) is 11.5 Å². The minimum absolute atomic E-state index is 0.269. The maximum Gasteiger partial charge on any atom is 0.250 e. The highest BCUT2D eigenvalue weighted by molar-refractivity contribution is 7.80. The normalized spacial score (nSPS) is 13.8. The molecule has 0 saturated carbocycles. The van der Waals surface area contributed by atoms with Crippen LogP contribution in [-0.2, 0) is 4.79 Å². The first-order valence-electron chi connectivity index (χ1n) is 8.79. The van der Waals surface area contributed by atoms with Gasteiger partial charge in [-0.1, -0.05) is 17.7 Å². The van der Waals surface area contributed by atoms with Gasteiger partial charge in [0.1, 0.15) is 0 Å². The summed E-state index contributed by atoms with van der Waals surface area (Å²) in [6, 6.07) is 5.44. The first kappa shape index (κ1) is 20.0. The van der Waals surface area contributed by atoms with Gasteiger partial charge in [-0.2, -0.15) is 0 Å². The average molecular weight is 375 g/mol.